The summed E-state index contributed by atoms with van der Waals surface area (Å²) in [6, 6.07) is 0. The number of carbonyl (C=O) groups excluding carboxylic acids is 1. The van der Waals surface area contributed by atoms with Gasteiger partial charge in [-0.05, 0) is 25.7 Å². The lowest BCUT2D eigenvalue weighted by Gasteiger charge is -2.27. The first-order valence-electron chi connectivity index (χ1n) is 6.84. The van der Waals surface area contributed by atoms with Crippen LogP contribution in [0.3, 0.4) is 0 Å². The van der Waals surface area contributed by atoms with Gasteiger partial charge in [0, 0.05) is 19.0 Å². The number of unbranched alkanes of at least 4 members (excludes halogenated alkanes) is 2. The van der Waals surface area contributed by atoms with Gasteiger partial charge in [0.2, 0.25) is 5.91 Å². The summed E-state index contributed by atoms with van der Waals surface area (Å²) in [5, 5.41) is 9.03. The smallest absolute Gasteiger partial charge is 0.226 e. The fourth-order valence-corrected chi connectivity index (χ4v) is 2.28. The number of aliphatic hydroxyl groups is 1. The van der Waals surface area contributed by atoms with E-state index in [0.717, 1.165) is 45.1 Å². The van der Waals surface area contributed by atoms with Gasteiger partial charge < -0.3 is 10.0 Å². The lowest BCUT2D eigenvalue weighted by Crippen LogP contribution is -2.39. The van der Waals surface area contributed by atoms with Gasteiger partial charge >= 0.3 is 0 Å². The molecule has 0 aromatic carbocycles. The van der Waals surface area contributed by atoms with E-state index in [-0.39, 0.29) is 18.4 Å². The van der Waals surface area contributed by atoms with E-state index in [4.69, 9.17) is 5.11 Å². The van der Waals surface area contributed by atoms with Gasteiger partial charge in [-0.15, -0.1) is 0 Å². The zero-order valence-electron chi connectivity index (χ0n) is 10.9. The standard InChI is InChI=1S/C14H25NO2/c1-2-3-7-10-15(11-12-16)14(17)13-8-5-4-6-9-13/h4-5,13,16H,2-3,6-12H2,1H3. The van der Waals surface area contributed by atoms with Crippen LogP contribution in [0.2, 0.25) is 0 Å². The summed E-state index contributed by atoms with van der Waals surface area (Å²) in [4.78, 5) is 14.1. The molecule has 1 atom stereocenters. The molecule has 0 saturated heterocycles. The van der Waals surface area contributed by atoms with Crippen molar-refractivity contribution in [1.82, 2.24) is 4.90 Å². The molecule has 0 aromatic heterocycles. The van der Waals surface area contributed by atoms with Crippen LogP contribution in [0.5, 0.6) is 0 Å². The maximum absolute atomic E-state index is 12.3. The minimum Gasteiger partial charge on any atom is -0.395 e. The van der Waals surface area contributed by atoms with Crippen molar-refractivity contribution in [1.29, 1.82) is 0 Å². The average molecular weight is 239 g/mol. The molecule has 0 aliphatic heterocycles. The van der Waals surface area contributed by atoms with Gasteiger partial charge in [-0.2, -0.15) is 0 Å². The minimum absolute atomic E-state index is 0.0699. The predicted octanol–water partition coefficient (Wildman–Crippen LogP) is 2.35. The second kappa shape index (κ2) is 8.29. The van der Waals surface area contributed by atoms with Crippen LogP contribution in [-0.4, -0.2) is 35.6 Å². The van der Waals surface area contributed by atoms with Gasteiger partial charge in [0.15, 0.2) is 0 Å². The number of hydrogen-bond acceptors (Lipinski definition) is 2. The van der Waals surface area contributed by atoms with Crippen molar-refractivity contribution >= 4 is 5.91 Å². The molecule has 0 fully saturated rings. The highest BCUT2D eigenvalue weighted by atomic mass is 16.3. The lowest BCUT2D eigenvalue weighted by molar-refractivity contribution is -0.136. The van der Waals surface area contributed by atoms with E-state index in [1.807, 2.05) is 4.90 Å². The number of allylic oxidation sites excluding steroid dienone is 2. The van der Waals surface area contributed by atoms with Crippen LogP contribution >= 0.6 is 0 Å². The average Bonchev–Trinajstić information content (AvgIpc) is 2.38. The van der Waals surface area contributed by atoms with Crippen molar-refractivity contribution in [3.63, 3.8) is 0 Å². The molecule has 1 aliphatic rings. The maximum Gasteiger partial charge on any atom is 0.226 e. The largest absolute Gasteiger partial charge is 0.395 e. The van der Waals surface area contributed by atoms with Crippen molar-refractivity contribution in [2.45, 2.75) is 45.4 Å². The zero-order chi connectivity index (χ0) is 12.5. The van der Waals surface area contributed by atoms with Gasteiger partial charge in [-0.25, -0.2) is 0 Å². The van der Waals surface area contributed by atoms with Crippen LogP contribution in [0.4, 0.5) is 0 Å². The van der Waals surface area contributed by atoms with Crippen LogP contribution in [0.25, 0.3) is 0 Å². The normalized spacial score (nSPS) is 19.3. The maximum atomic E-state index is 12.3. The molecule has 1 rings (SSSR count). The molecule has 0 saturated carbocycles. The number of rotatable bonds is 7. The molecule has 3 heteroatoms. The first-order chi connectivity index (χ1) is 8.29. The molecule has 0 bridgehead atoms. The van der Waals surface area contributed by atoms with Crippen molar-refractivity contribution < 1.29 is 9.90 Å². The second-order valence-corrected chi connectivity index (χ2v) is 4.74. The first kappa shape index (κ1) is 14.2. The Balaban J connectivity index is 2.43. The van der Waals surface area contributed by atoms with Crippen LogP contribution in [0.15, 0.2) is 12.2 Å². The Bertz CT molecular complexity index is 251. The summed E-state index contributed by atoms with van der Waals surface area (Å²) in [5.41, 5.74) is 0. The highest BCUT2D eigenvalue weighted by molar-refractivity contribution is 5.79. The molecule has 1 unspecified atom stereocenters. The number of aliphatic hydroxyl groups excluding tert-OH is 1. The summed E-state index contributed by atoms with van der Waals surface area (Å²) >= 11 is 0. The van der Waals surface area contributed by atoms with E-state index < -0.39 is 0 Å². The number of carbonyl (C=O) groups is 1. The molecule has 98 valence electrons. The molecular formula is C14H25NO2. The quantitative estimate of drug-likeness (QED) is 0.547. The third-order valence-corrected chi connectivity index (χ3v) is 3.33. The molecule has 0 spiro atoms. The molecule has 3 nitrogen and oxygen atoms in total. The molecule has 1 aliphatic carbocycles. The zero-order valence-corrected chi connectivity index (χ0v) is 10.9. The molecule has 0 radical (unpaired) electrons. The molecule has 0 heterocycles. The highest BCUT2D eigenvalue weighted by Gasteiger charge is 2.23. The van der Waals surface area contributed by atoms with Crippen LogP contribution in [-0.2, 0) is 4.79 Å². The van der Waals surface area contributed by atoms with Crippen LogP contribution < -0.4 is 0 Å². The van der Waals surface area contributed by atoms with Crippen molar-refractivity contribution in [2.75, 3.05) is 19.7 Å². The molecule has 0 aromatic rings. The van der Waals surface area contributed by atoms with E-state index in [1.54, 1.807) is 0 Å². The van der Waals surface area contributed by atoms with Crippen molar-refractivity contribution in [3.8, 4) is 0 Å². The van der Waals surface area contributed by atoms with Gasteiger partial charge in [0.25, 0.3) is 0 Å². The summed E-state index contributed by atoms with van der Waals surface area (Å²) in [6.07, 6.45) is 10.5. The van der Waals surface area contributed by atoms with Gasteiger partial charge in [-0.1, -0.05) is 31.9 Å². The van der Waals surface area contributed by atoms with Crippen molar-refractivity contribution in [2.24, 2.45) is 5.92 Å². The molecule has 17 heavy (non-hydrogen) atoms. The fourth-order valence-electron chi connectivity index (χ4n) is 2.28. The third-order valence-electron chi connectivity index (χ3n) is 3.33. The van der Waals surface area contributed by atoms with Gasteiger partial charge in [-0.3, -0.25) is 4.79 Å². The Morgan fingerprint density at radius 2 is 2.18 bits per heavy atom. The van der Waals surface area contributed by atoms with Gasteiger partial charge in [0.1, 0.15) is 0 Å². The molecule has 1 amide bonds. The van der Waals surface area contributed by atoms with E-state index in [1.165, 1.54) is 0 Å². The topological polar surface area (TPSA) is 40.5 Å². The Morgan fingerprint density at radius 3 is 2.76 bits per heavy atom. The van der Waals surface area contributed by atoms with Crippen molar-refractivity contribution in [3.05, 3.63) is 12.2 Å². The first-order valence-corrected chi connectivity index (χ1v) is 6.84. The third kappa shape index (κ3) is 4.90. The summed E-state index contributed by atoms with van der Waals surface area (Å²) in [6.45, 7) is 3.51. The fraction of sp³-hybridized carbons (Fsp3) is 0.786. The Morgan fingerprint density at radius 1 is 1.35 bits per heavy atom. The monoisotopic (exact) mass is 239 g/mol. The van der Waals surface area contributed by atoms with Crippen LogP contribution in [0.1, 0.15) is 45.4 Å². The number of amides is 1. The summed E-state index contributed by atoms with van der Waals surface area (Å²) in [5.74, 6) is 0.382. The van der Waals surface area contributed by atoms with Crippen LogP contribution in [0, 0.1) is 5.92 Å². The Labute approximate surface area is 105 Å². The number of hydrogen-bond donors (Lipinski definition) is 1. The minimum atomic E-state index is 0.0699. The van der Waals surface area contributed by atoms with E-state index >= 15 is 0 Å². The molecule has 1 N–H and O–H groups in total. The van der Waals surface area contributed by atoms with Gasteiger partial charge in [0.05, 0.1) is 6.61 Å². The van der Waals surface area contributed by atoms with E-state index in [0.29, 0.717) is 6.54 Å². The summed E-state index contributed by atoms with van der Waals surface area (Å²) < 4.78 is 0. The Kier molecular flexibility index (Phi) is 6.94. The Hall–Kier alpha value is -0.830. The molecular weight excluding hydrogens is 214 g/mol. The second-order valence-electron chi connectivity index (χ2n) is 4.74. The van der Waals surface area contributed by atoms with E-state index in [2.05, 4.69) is 19.1 Å². The highest BCUT2D eigenvalue weighted by Crippen LogP contribution is 2.20. The number of nitrogens with zero attached hydrogens (tertiary/aromatic N) is 1. The predicted molar refractivity (Wildman–Crippen MR) is 69.7 cm³/mol. The summed E-state index contributed by atoms with van der Waals surface area (Å²) in [7, 11) is 0. The lowest BCUT2D eigenvalue weighted by atomic mass is 9.93. The van der Waals surface area contributed by atoms with E-state index in [9.17, 15) is 4.79 Å². The SMILES string of the molecule is CCCCCN(CCO)C(=O)C1CC=CCC1.